The van der Waals surface area contributed by atoms with Gasteiger partial charge in [-0.1, -0.05) is 23.7 Å². The van der Waals surface area contributed by atoms with Gasteiger partial charge in [-0.15, -0.1) is 0 Å². The summed E-state index contributed by atoms with van der Waals surface area (Å²) in [7, 11) is 0. The number of halogens is 1. The number of benzene rings is 1. The molecule has 0 atom stereocenters. The maximum atomic E-state index is 10.9. The molecule has 0 saturated heterocycles. The Kier molecular flexibility index (Phi) is 3.76. The third-order valence-corrected chi connectivity index (χ3v) is 2.72. The van der Waals surface area contributed by atoms with Crippen LogP contribution in [0.1, 0.15) is 0 Å². The Morgan fingerprint density at radius 1 is 1.15 bits per heavy atom. The van der Waals surface area contributed by atoms with E-state index in [4.69, 9.17) is 11.6 Å². The Labute approximate surface area is 117 Å². The number of anilines is 2. The van der Waals surface area contributed by atoms with Gasteiger partial charge in [0.25, 0.3) is 5.69 Å². The number of nitrogens with one attached hydrogen (secondary N) is 1. The lowest BCUT2D eigenvalue weighted by molar-refractivity contribution is -0.394. The second kappa shape index (κ2) is 5.49. The third kappa shape index (κ3) is 2.81. The maximum absolute atomic E-state index is 10.9. The molecule has 0 aliphatic heterocycles. The molecule has 1 aromatic carbocycles. The molecule has 0 unspecified atom stereocenters. The molecular formula is C11H7ClN4O4. The predicted octanol–water partition coefficient (Wildman–Crippen LogP) is 3.30. The molecule has 0 amide bonds. The molecule has 0 saturated carbocycles. The Morgan fingerprint density at radius 3 is 2.45 bits per heavy atom. The summed E-state index contributed by atoms with van der Waals surface area (Å²) in [6.07, 6.45) is 0.937. The zero-order valence-corrected chi connectivity index (χ0v) is 10.6. The van der Waals surface area contributed by atoms with Gasteiger partial charge in [0.2, 0.25) is 5.82 Å². The minimum atomic E-state index is -0.751. The Morgan fingerprint density at radius 2 is 1.85 bits per heavy atom. The number of nitro groups is 2. The summed E-state index contributed by atoms with van der Waals surface area (Å²) < 4.78 is 0. The minimum absolute atomic E-state index is 0.117. The summed E-state index contributed by atoms with van der Waals surface area (Å²) >= 11 is 5.92. The van der Waals surface area contributed by atoms with E-state index >= 15 is 0 Å². The van der Waals surface area contributed by atoms with Crippen LogP contribution >= 0.6 is 11.6 Å². The first kappa shape index (κ1) is 13.7. The molecule has 8 nitrogen and oxygen atoms in total. The lowest BCUT2D eigenvalue weighted by atomic mass is 10.3. The largest absolute Gasteiger partial charge is 0.333 e. The van der Waals surface area contributed by atoms with Gasteiger partial charge < -0.3 is 5.32 Å². The van der Waals surface area contributed by atoms with E-state index in [1.54, 1.807) is 24.3 Å². The maximum Gasteiger partial charge on any atom is 0.318 e. The molecule has 1 heterocycles. The van der Waals surface area contributed by atoms with Crippen molar-refractivity contribution in [2.45, 2.75) is 0 Å². The number of aromatic nitrogens is 1. The lowest BCUT2D eigenvalue weighted by Gasteiger charge is -2.07. The van der Waals surface area contributed by atoms with Gasteiger partial charge in [0.15, 0.2) is 0 Å². The molecule has 2 aromatic rings. The van der Waals surface area contributed by atoms with Crippen molar-refractivity contribution in [3.63, 3.8) is 0 Å². The van der Waals surface area contributed by atoms with Crippen LogP contribution in [-0.4, -0.2) is 14.8 Å². The molecule has 102 valence electrons. The summed E-state index contributed by atoms with van der Waals surface area (Å²) in [6.45, 7) is 0. The smallest absolute Gasteiger partial charge is 0.318 e. The second-order valence-corrected chi connectivity index (χ2v) is 4.09. The Hall–Kier alpha value is -2.74. The normalized spacial score (nSPS) is 10.1. The minimum Gasteiger partial charge on any atom is -0.333 e. The molecule has 9 heteroatoms. The van der Waals surface area contributed by atoms with E-state index in [-0.39, 0.29) is 5.82 Å². The molecule has 0 fully saturated rings. The SMILES string of the molecule is O=[N+]([O-])c1cnc(Nc2ccccc2Cl)c([N+](=O)[O-])c1. The third-order valence-electron chi connectivity index (χ3n) is 2.39. The molecule has 1 aromatic heterocycles. The standard InChI is InChI=1S/C11H7ClN4O4/c12-8-3-1-2-4-9(8)14-11-10(16(19)20)5-7(6-13-11)15(17)18/h1-6H,(H,13,14). The van der Waals surface area contributed by atoms with Crippen LogP contribution < -0.4 is 5.32 Å². The summed E-state index contributed by atoms with van der Waals surface area (Å²) in [4.78, 5) is 23.7. The number of rotatable bonds is 4. The Bertz CT molecular complexity index is 692. The number of hydrogen-bond donors (Lipinski definition) is 1. The van der Waals surface area contributed by atoms with Gasteiger partial charge in [-0.25, -0.2) is 4.98 Å². The fourth-order valence-electron chi connectivity index (χ4n) is 1.47. The molecule has 0 aliphatic carbocycles. The highest BCUT2D eigenvalue weighted by Crippen LogP contribution is 2.31. The van der Waals surface area contributed by atoms with Gasteiger partial charge in [-0.05, 0) is 12.1 Å². The highest BCUT2D eigenvalue weighted by Gasteiger charge is 2.21. The number of para-hydroxylation sites is 1. The van der Waals surface area contributed by atoms with Crippen molar-refractivity contribution in [1.29, 1.82) is 0 Å². The van der Waals surface area contributed by atoms with E-state index in [2.05, 4.69) is 10.3 Å². The van der Waals surface area contributed by atoms with Crippen LogP contribution in [0, 0.1) is 20.2 Å². The van der Waals surface area contributed by atoms with Gasteiger partial charge >= 0.3 is 5.69 Å². The summed E-state index contributed by atoms with van der Waals surface area (Å²) in [5.74, 6) is -0.117. The van der Waals surface area contributed by atoms with Crippen molar-refractivity contribution >= 4 is 34.5 Å². The van der Waals surface area contributed by atoms with Crippen molar-refractivity contribution in [2.75, 3.05) is 5.32 Å². The van der Waals surface area contributed by atoms with E-state index in [9.17, 15) is 20.2 Å². The molecule has 0 spiro atoms. The van der Waals surface area contributed by atoms with Crippen molar-refractivity contribution in [2.24, 2.45) is 0 Å². The molecular weight excluding hydrogens is 288 g/mol. The van der Waals surface area contributed by atoms with E-state index < -0.39 is 21.2 Å². The molecule has 0 aliphatic rings. The van der Waals surface area contributed by atoms with Crippen LogP contribution in [0.5, 0.6) is 0 Å². The van der Waals surface area contributed by atoms with Crippen molar-refractivity contribution in [3.05, 3.63) is 61.8 Å². The van der Waals surface area contributed by atoms with Gasteiger partial charge in [-0.3, -0.25) is 20.2 Å². The molecule has 1 N–H and O–H groups in total. The zero-order chi connectivity index (χ0) is 14.7. The van der Waals surface area contributed by atoms with E-state index in [1.165, 1.54) is 0 Å². The monoisotopic (exact) mass is 294 g/mol. The van der Waals surface area contributed by atoms with Crippen LogP contribution in [0.3, 0.4) is 0 Å². The van der Waals surface area contributed by atoms with Crippen LogP contribution in [0.25, 0.3) is 0 Å². The molecule has 0 bridgehead atoms. The quantitative estimate of drug-likeness (QED) is 0.684. The highest BCUT2D eigenvalue weighted by atomic mass is 35.5. The van der Waals surface area contributed by atoms with Gasteiger partial charge in [-0.2, -0.15) is 0 Å². The van der Waals surface area contributed by atoms with Gasteiger partial charge in [0.05, 0.1) is 26.6 Å². The first-order valence-corrected chi connectivity index (χ1v) is 5.67. The second-order valence-electron chi connectivity index (χ2n) is 3.68. The fraction of sp³-hybridized carbons (Fsp3) is 0. The molecule has 2 rings (SSSR count). The van der Waals surface area contributed by atoms with E-state index in [1.807, 2.05) is 0 Å². The van der Waals surface area contributed by atoms with Gasteiger partial charge in [0, 0.05) is 0 Å². The van der Waals surface area contributed by atoms with Crippen LogP contribution in [-0.2, 0) is 0 Å². The average molecular weight is 295 g/mol. The lowest BCUT2D eigenvalue weighted by Crippen LogP contribution is -2.01. The topological polar surface area (TPSA) is 111 Å². The average Bonchev–Trinajstić information content (AvgIpc) is 2.41. The van der Waals surface area contributed by atoms with Crippen molar-refractivity contribution in [1.82, 2.24) is 4.98 Å². The van der Waals surface area contributed by atoms with E-state index in [0.29, 0.717) is 10.7 Å². The first-order valence-electron chi connectivity index (χ1n) is 5.29. The van der Waals surface area contributed by atoms with Crippen molar-refractivity contribution < 1.29 is 9.85 Å². The number of hydrogen-bond acceptors (Lipinski definition) is 6. The first-order chi connectivity index (χ1) is 9.49. The van der Waals surface area contributed by atoms with Crippen LogP contribution in [0.2, 0.25) is 5.02 Å². The summed E-state index contributed by atoms with van der Waals surface area (Å²) in [5, 5.41) is 24.6. The van der Waals surface area contributed by atoms with Crippen LogP contribution in [0.4, 0.5) is 22.9 Å². The van der Waals surface area contributed by atoms with Crippen LogP contribution in [0.15, 0.2) is 36.5 Å². The fourth-order valence-corrected chi connectivity index (χ4v) is 1.65. The number of nitrogens with zero attached hydrogens (tertiary/aromatic N) is 3. The predicted molar refractivity (Wildman–Crippen MR) is 72.3 cm³/mol. The van der Waals surface area contributed by atoms with E-state index in [0.717, 1.165) is 12.3 Å². The zero-order valence-electron chi connectivity index (χ0n) is 9.82. The number of pyridine rings is 1. The molecule has 0 radical (unpaired) electrons. The summed E-state index contributed by atoms with van der Waals surface area (Å²) in [5.41, 5.74) is -0.542. The highest BCUT2D eigenvalue weighted by molar-refractivity contribution is 6.33. The van der Waals surface area contributed by atoms with Crippen molar-refractivity contribution in [3.8, 4) is 0 Å². The van der Waals surface area contributed by atoms with Gasteiger partial charge in [0.1, 0.15) is 6.20 Å². The summed E-state index contributed by atoms with van der Waals surface area (Å²) in [6, 6.07) is 7.43. The Balaban J connectivity index is 2.44. The molecule has 20 heavy (non-hydrogen) atoms.